The number of carbonyl (C=O) groups is 2. The van der Waals surface area contributed by atoms with Crippen LogP contribution in [0.15, 0.2) is 24.3 Å². The Bertz CT molecular complexity index is 617. The van der Waals surface area contributed by atoms with Crippen LogP contribution < -0.4 is 9.47 Å². The van der Waals surface area contributed by atoms with Gasteiger partial charge < -0.3 is 9.47 Å². The van der Waals surface area contributed by atoms with Crippen molar-refractivity contribution in [1.29, 1.82) is 0 Å². The largest absolute Gasteiger partial charge is 0.496 e. The Balaban J connectivity index is 2.96. The number of rotatable bonds is 4. The first-order chi connectivity index (χ1) is 8.76. The van der Waals surface area contributed by atoms with Gasteiger partial charge in [0.1, 0.15) is 11.5 Å². The zero-order valence-corrected chi connectivity index (χ0v) is 10.1. The average Bonchev–Trinajstić information content (AvgIpc) is 2.44. The van der Waals surface area contributed by atoms with Gasteiger partial charge in [0.05, 0.1) is 14.2 Å². The lowest BCUT2D eigenvalue weighted by Crippen LogP contribution is -1.97. The highest BCUT2D eigenvalue weighted by Crippen LogP contribution is 2.35. The fourth-order valence-electron chi connectivity index (χ4n) is 2.01. The monoisotopic (exact) mass is 244 g/mol. The van der Waals surface area contributed by atoms with Crippen LogP contribution in [-0.4, -0.2) is 26.8 Å². The van der Waals surface area contributed by atoms with Crippen LogP contribution >= 0.6 is 0 Å². The number of ether oxygens (including phenoxy) is 2. The molecule has 0 fully saturated rings. The summed E-state index contributed by atoms with van der Waals surface area (Å²) >= 11 is 0. The van der Waals surface area contributed by atoms with Crippen LogP contribution in [0.1, 0.15) is 20.7 Å². The highest BCUT2D eigenvalue weighted by Gasteiger charge is 2.14. The number of benzene rings is 2. The molecule has 0 aromatic heterocycles. The number of hydrogen-bond acceptors (Lipinski definition) is 4. The second-order valence-electron chi connectivity index (χ2n) is 3.70. The topological polar surface area (TPSA) is 52.6 Å². The number of aldehydes is 2. The smallest absolute Gasteiger partial charge is 0.151 e. The summed E-state index contributed by atoms with van der Waals surface area (Å²) in [5.41, 5.74) is 0.655. The molecule has 4 nitrogen and oxygen atoms in total. The van der Waals surface area contributed by atoms with E-state index in [1.807, 2.05) is 0 Å². The van der Waals surface area contributed by atoms with E-state index < -0.39 is 0 Å². The van der Waals surface area contributed by atoms with Crippen LogP contribution in [0.4, 0.5) is 0 Å². The zero-order chi connectivity index (χ0) is 13.1. The molecule has 0 amide bonds. The minimum absolute atomic E-state index is 0.318. The molecule has 2 aromatic carbocycles. The number of fused-ring (bicyclic) bond motifs is 1. The van der Waals surface area contributed by atoms with Crippen LogP contribution in [0.3, 0.4) is 0 Å². The minimum Gasteiger partial charge on any atom is -0.496 e. The fourth-order valence-corrected chi connectivity index (χ4v) is 2.01. The van der Waals surface area contributed by atoms with Gasteiger partial charge in [-0.3, -0.25) is 9.59 Å². The molecule has 0 N–H and O–H groups in total. The van der Waals surface area contributed by atoms with Crippen molar-refractivity contribution in [1.82, 2.24) is 0 Å². The Morgan fingerprint density at radius 2 is 1.56 bits per heavy atom. The van der Waals surface area contributed by atoms with Crippen molar-refractivity contribution in [2.24, 2.45) is 0 Å². The summed E-state index contributed by atoms with van der Waals surface area (Å²) in [6, 6.07) is 6.81. The third-order valence-corrected chi connectivity index (χ3v) is 2.86. The predicted octanol–water partition coefficient (Wildman–Crippen LogP) is 2.48. The van der Waals surface area contributed by atoms with E-state index in [0.29, 0.717) is 40.6 Å². The Kier molecular flexibility index (Phi) is 3.28. The molecule has 0 aliphatic rings. The quantitative estimate of drug-likeness (QED) is 0.775. The molecule has 2 aromatic rings. The Labute approximate surface area is 104 Å². The minimum atomic E-state index is 0.318. The van der Waals surface area contributed by atoms with Gasteiger partial charge in [-0.2, -0.15) is 0 Å². The van der Waals surface area contributed by atoms with E-state index in [1.54, 1.807) is 31.4 Å². The van der Waals surface area contributed by atoms with Gasteiger partial charge in [0.15, 0.2) is 12.6 Å². The molecule has 4 heteroatoms. The second kappa shape index (κ2) is 4.87. The van der Waals surface area contributed by atoms with E-state index in [4.69, 9.17) is 9.47 Å². The fraction of sp³-hybridized carbons (Fsp3) is 0.143. The SMILES string of the molecule is COc1ccc(OC)c2c(C=O)c(C=O)ccc12. The highest BCUT2D eigenvalue weighted by molar-refractivity contribution is 6.09. The second-order valence-corrected chi connectivity index (χ2v) is 3.70. The summed E-state index contributed by atoms with van der Waals surface area (Å²) in [5.74, 6) is 1.17. The lowest BCUT2D eigenvalue weighted by molar-refractivity contribution is 0.109. The van der Waals surface area contributed by atoms with Crippen LogP contribution in [-0.2, 0) is 0 Å². The van der Waals surface area contributed by atoms with Gasteiger partial charge in [0, 0.05) is 21.9 Å². The average molecular weight is 244 g/mol. The third-order valence-electron chi connectivity index (χ3n) is 2.86. The summed E-state index contributed by atoms with van der Waals surface area (Å²) in [4.78, 5) is 22.2. The standard InChI is InChI=1S/C14H12O4/c1-17-12-5-6-13(18-2)14-10(12)4-3-9(7-15)11(14)8-16/h3-8H,1-2H3. The third kappa shape index (κ3) is 1.72. The van der Waals surface area contributed by atoms with Crippen molar-refractivity contribution in [2.75, 3.05) is 14.2 Å². The summed E-state index contributed by atoms with van der Waals surface area (Å²) in [5, 5.41) is 1.33. The van der Waals surface area contributed by atoms with Gasteiger partial charge in [-0.25, -0.2) is 0 Å². The molecule has 0 heterocycles. The lowest BCUT2D eigenvalue weighted by Gasteiger charge is -2.12. The molecular formula is C14H12O4. The molecule has 0 radical (unpaired) electrons. The van der Waals surface area contributed by atoms with Crippen molar-refractivity contribution in [2.45, 2.75) is 0 Å². The molecule has 92 valence electrons. The molecular weight excluding hydrogens is 232 g/mol. The van der Waals surface area contributed by atoms with Crippen molar-refractivity contribution in [3.63, 3.8) is 0 Å². The van der Waals surface area contributed by atoms with Gasteiger partial charge in [0.25, 0.3) is 0 Å². The van der Waals surface area contributed by atoms with E-state index in [2.05, 4.69) is 0 Å². The molecule has 0 aliphatic carbocycles. The van der Waals surface area contributed by atoms with Crippen molar-refractivity contribution in [3.8, 4) is 11.5 Å². The van der Waals surface area contributed by atoms with Crippen LogP contribution in [0.25, 0.3) is 10.8 Å². The first kappa shape index (κ1) is 12.1. The summed E-state index contributed by atoms with van der Waals surface area (Å²) in [7, 11) is 3.07. The summed E-state index contributed by atoms with van der Waals surface area (Å²) < 4.78 is 10.5. The van der Waals surface area contributed by atoms with E-state index in [0.717, 1.165) is 5.39 Å². The molecule has 0 saturated carbocycles. The number of methoxy groups -OCH3 is 2. The molecule has 0 aliphatic heterocycles. The van der Waals surface area contributed by atoms with Crippen molar-refractivity contribution >= 4 is 23.3 Å². The van der Waals surface area contributed by atoms with Gasteiger partial charge in [-0.15, -0.1) is 0 Å². The Morgan fingerprint density at radius 1 is 0.889 bits per heavy atom. The van der Waals surface area contributed by atoms with Crippen molar-refractivity contribution < 1.29 is 19.1 Å². The highest BCUT2D eigenvalue weighted by atomic mass is 16.5. The van der Waals surface area contributed by atoms with Crippen molar-refractivity contribution in [3.05, 3.63) is 35.4 Å². The summed E-state index contributed by atoms with van der Waals surface area (Å²) in [6.07, 6.45) is 1.32. The molecule has 18 heavy (non-hydrogen) atoms. The molecule has 0 unspecified atom stereocenters. The van der Waals surface area contributed by atoms with Gasteiger partial charge in [-0.1, -0.05) is 6.07 Å². The van der Waals surface area contributed by atoms with E-state index in [-0.39, 0.29) is 0 Å². The van der Waals surface area contributed by atoms with Gasteiger partial charge in [0.2, 0.25) is 0 Å². The molecule has 0 saturated heterocycles. The maximum Gasteiger partial charge on any atom is 0.151 e. The first-order valence-corrected chi connectivity index (χ1v) is 5.34. The molecule has 2 rings (SSSR count). The van der Waals surface area contributed by atoms with Crippen LogP contribution in [0.5, 0.6) is 11.5 Å². The summed E-state index contributed by atoms with van der Waals surface area (Å²) in [6.45, 7) is 0. The Hall–Kier alpha value is -2.36. The zero-order valence-electron chi connectivity index (χ0n) is 10.1. The van der Waals surface area contributed by atoms with E-state index >= 15 is 0 Å². The molecule has 0 atom stereocenters. The molecule has 0 bridgehead atoms. The van der Waals surface area contributed by atoms with E-state index in [1.165, 1.54) is 7.11 Å². The normalized spacial score (nSPS) is 10.1. The maximum atomic E-state index is 11.2. The maximum absolute atomic E-state index is 11.2. The van der Waals surface area contributed by atoms with Gasteiger partial charge in [-0.05, 0) is 18.2 Å². The number of carbonyl (C=O) groups excluding carboxylic acids is 2. The Morgan fingerprint density at radius 3 is 2.11 bits per heavy atom. The number of hydrogen-bond donors (Lipinski definition) is 0. The predicted molar refractivity (Wildman–Crippen MR) is 67.8 cm³/mol. The van der Waals surface area contributed by atoms with Gasteiger partial charge >= 0.3 is 0 Å². The van der Waals surface area contributed by atoms with Crippen LogP contribution in [0.2, 0.25) is 0 Å². The van der Waals surface area contributed by atoms with E-state index in [9.17, 15) is 9.59 Å². The molecule has 0 spiro atoms. The van der Waals surface area contributed by atoms with Crippen LogP contribution in [0, 0.1) is 0 Å². The lowest BCUT2D eigenvalue weighted by atomic mass is 9.99. The first-order valence-electron chi connectivity index (χ1n) is 5.34.